The SMILES string of the molecule is Cc1ccc(-c2ccc3c4ccc(-c5ccc(C)cc5)cc4n(-c4ccc(-c5cccc(C#N)c5)c(-n5c6cc(-c7ccc(C)cc7)ccc6c6ccc(-c7ccc(C)cc7)cc65)c4C(F)(F)F)c3c2)cc1. The second-order valence-corrected chi connectivity index (χ2v) is 19.1. The lowest BCUT2D eigenvalue weighted by Gasteiger charge is -2.25. The van der Waals surface area contributed by atoms with Gasteiger partial charge in [0.15, 0.2) is 0 Å². The van der Waals surface area contributed by atoms with E-state index < -0.39 is 11.7 Å². The molecule has 12 aromatic rings. The van der Waals surface area contributed by atoms with Crippen molar-refractivity contribution in [1.29, 1.82) is 5.26 Å². The molecule has 0 aliphatic heterocycles. The van der Waals surface area contributed by atoms with Crippen LogP contribution in [0.2, 0.25) is 0 Å². The first kappa shape index (κ1) is 44.3. The topological polar surface area (TPSA) is 33.6 Å². The molecule has 0 fully saturated rings. The van der Waals surface area contributed by atoms with E-state index in [-0.39, 0.29) is 11.4 Å². The lowest BCUT2D eigenvalue weighted by atomic mass is 9.95. The quantitative estimate of drug-likeness (QED) is 0.157. The van der Waals surface area contributed by atoms with E-state index in [0.29, 0.717) is 38.8 Å². The second-order valence-electron chi connectivity index (χ2n) is 19.1. The fourth-order valence-corrected chi connectivity index (χ4v) is 10.5. The van der Waals surface area contributed by atoms with Gasteiger partial charge >= 0.3 is 6.18 Å². The van der Waals surface area contributed by atoms with Gasteiger partial charge in [-0.2, -0.15) is 18.4 Å². The molecule has 72 heavy (non-hydrogen) atoms. The van der Waals surface area contributed by atoms with Gasteiger partial charge in [-0.05, 0) is 120 Å². The van der Waals surface area contributed by atoms with Crippen LogP contribution in [0.1, 0.15) is 33.4 Å². The van der Waals surface area contributed by atoms with Crippen molar-refractivity contribution in [3.63, 3.8) is 0 Å². The minimum Gasteiger partial charge on any atom is -0.309 e. The Labute approximate surface area is 415 Å². The Morgan fingerprint density at radius 2 is 0.708 bits per heavy atom. The van der Waals surface area contributed by atoms with Crippen LogP contribution in [0.25, 0.3) is 111 Å². The highest BCUT2D eigenvalue weighted by Crippen LogP contribution is 2.49. The van der Waals surface area contributed by atoms with Crippen molar-refractivity contribution in [2.45, 2.75) is 33.9 Å². The summed E-state index contributed by atoms with van der Waals surface area (Å²) in [5.74, 6) is 0. The van der Waals surface area contributed by atoms with Crippen LogP contribution in [0.5, 0.6) is 0 Å². The van der Waals surface area contributed by atoms with E-state index in [2.05, 4.69) is 127 Å². The van der Waals surface area contributed by atoms with Crippen molar-refractivity contribution < 1.29 is 13.2 Å². The van der Waals surface area contributed by atoms with Crippen molar-refractivity contribution in [3.8, 4) is 73.1 Å². The summed E-state index contributed by atoms with van der Waals surface area (Å²) in [6.45, 7) is 8.15. The van der Waals surface area contributed by atoms with E-state index in [0.717, 1.165) is 88.3 Å². The lowest BCUT2D eigenvalue weighted by Crippen LogP contribution is -2.17. The van der Waals surface area contributed by atoms with Crippen molar-refractivity contribution >= 4 is 43.6 Å². The van der Waals surface area contributed by atoms with Crippen molar-refractivity contribution in [2.24, 2.45) is 0 Å². The van der Waals surface area contributed by atoms with Crippen molar-refractivity contribution in [1.82, 2.24) is 9.13 Å². The van der Waals surface area contributed by atoms with E-state index in [1.807, 2.05) is 91.4 Å². The normalized spacial score (nSPS) is 11.8. The molecular formula is C66H46F3N3. The maximum atomic E-state index is 17.4. The van der Waals surface area contributed by atoms with Crippen molar-refractivity contribution in [2.75, 3.05) is 0 Å². The summed E-state index contributed by atoms with van der Waals surface area (Å²) < 4.78 is 55.8. The number of rotatable bonds is 7. The minimum atomic E-state index is -4.91. The highest BCUT2D eigenvalue weighted by atomic mass is 19.4. The fourth-order valence-electron chi connectivity index (χ4n) is 10.5. The van der Waals surface area contributed by atoms with Gasteiger partial charge in [-0.3, -0.25) is 0 Å². The number of aromatic nitrogens is 2. The molecular weight excluding hydrogens is 892 g/mol. The molecule has 6 heteroatoms. The molecule has 0 spiro atoms. The molecule has 0 N–H and O–H groups in total. The Morgan fingerprint density at radius 3 is 1.06 bits per heavy atom. The number of nitriles is 1. The monoisotopic (exact) mass is 937 g/mol. The van der Waals surface area contributed by atoms with E-state index >= 15 is 13.2 Å². The standard InChI is InChI=1S/C66H46F3N3/c1-40-8-16-45(17-9-40)49-24-28-55-56-29-25-50(46-18-10-41(2)11-19-46)36-61(56)71(60(55)35-49)59-33-32-54(53-7-5-6-44(34-53)39-70)65(64(59)66(67,68)69)72-62-37-51(47-20-12-42(3)13-21-47)26-30-57(62)58-31-27-52(38-63(58)72)48-22-14-43(4)15-23-48/h5-38H,1-4H3. The molecule has 0 unspecified atom stereocenters. The smallest absolute Gasteiger partial charge is 0.309 e. The maximum Gasteiger partial charge on any atom is 0.420 e. The summed E-state index contributed by atoms with van der Waals surface area (Å²) in [6, 6.07) is 69.9. The third-order valence-corrected chi connectivity index (χ3v) is 14.3. The molecule has 0 saturated heterocycles. The van der Waals surface area contributed by atoms with Gasteiger partial charge in [-0.1, -0.05) is 186 Å². The van der Waals surface area contributed by atoms with Crippen LogP contribution in [-0.2, 0) is 6.18 Å². The molecule has 346 valence electrons. The van der Waals surface area contributed by atoms with Crippen LogP contribution in [0.4, 0.5) is 13.2 Å². The lowest BCUT2D eigenvalue weighted by molar-refractivity contribution is -0.137. The van der Waals surface area contributed by atoms with Crippen LogP contribution in [-0.4, -0.2) is 9.13 Å². The Kier molecular flexibility index (Phi) is 10.6. The summed E-state index contributed by atoms with van der Waals surface area (Å²) in [6.07, 6.45) is -4.91. The minimum absolute atomic E-state index is 0.0146. The summed E-state index contributed by atoms with van der Waals surface area (Å²) in [7, 11) is 0. The number of hydrogen-bond donors (Lipinski definition) is 0. The van der Waals surface area contributed by atoms with Gasteiger partial charge in [0.2, 0.25) is 0 Å². The number of hydrogen-bond acceptors (Lipinski definition) is 1. The molecule has 0 aliphatic carbocycles. The molecule has 10 aromatic carbocycles. The van der Waals surface area contributed by atoms with Gasteiger partial charge in [0.05, 0.1) is 45.1 Å². The van der Waals surface area contributed by atoms with Crippen LogP contribution in [0.3, 0.4) is 0 Å². The van der Waals surface area contributed by atoms with Gasteiger partial charge in [0.25, 0.3) is 0 Å². The summed E-state index contributed by atoms with van der Waals surface area (Å²) >= 11 is 0. The molecule has 0 saturated carbocycles. The van der Waals surface area contributed by atoms with Gasteiger partial charge in [0.1, 0.15) is 5.56 Å². The third kappa shape index (κ3) is 7.62. The van der Waals surface area contributed by atoms with Crippen LogP contribution < -0.4 is 0 Å². The predicted octanol–water partition coefficient (Wildman–Crippen LogP) is 18.3. The molecule has 3 nitrogen and oxygen atoms in total. The molecule has 0 aliphatic rings. The number of fused-ring (bicyclic) bond motifs is 6. The van der Waals surface area contributed by atoms with Gasteiger partial charge in [-0.25, -0.2) is 0 Å². The predicted molar refractivity (Wildman–Crippen MR) is 291 cm³/mol. The van der Waals surface area contributed by atoms with Gasteiger partial charge in [0, 0.05) is 27.1 Å². The van der Waals surface area contributed by atoms with Crippen molar-refractivity contribution in [3.05, 3.63) is 240 Å². The molecule has 0 amide bonds. The molecule has 0 atom stereocenters. The molecule has 12 rings (SSSR count). The van der Waals surface area contributed by atoms with E-state index in [1.165, 1.54) is 0 Å². The zero-order valence-corrected chi connectivity index (χ0v) is 40.1. The number of halogens is 3. The molecule has 0 bridgehead atoms. The van der Waals surface area contributed by atoms with E-state index in [1.54, 1.807) is 30.3 Å². The van der Waals surface area contributed by atoms with Gasteiger partial charge < -0.3 is 9.13 Å². The van der Waals surface area contributed by atoms with Crippen LogP contribution >= 0.6 is 0 Å². The Balaban J connectivity index is 1.26. The fraction of sp³-hybridized carbons (Fsp3) is 0.0758. The number of benzene rings is 10. The maximum absolute atomic E-state index is 17.4. The molecule has 2 aromatic heterocycles. The summed E-state index contributed by atoms with van der Waals surface area (Å²) in [5.41, 5.74) is 14.6. The largest absolute Gasteiger partial charge is 0.420 e. The van der Waals surface area contributed by atoms with E-state index in [4.69, 9.17) is 0 Å². The Bertz CT molecular complexity index is 3940. The Morgan fingerprint density at radius 1 is 0.361 bits per heavy atom. The first-order valence-electron chi connectivity index (χ1n) is 24.1. The number of aryl methyl sites for hydroxylation is 4. The van der Waals surface area contributed by atoms with Crippen LogP contribution in [0, 0.1) is 39.0 Å². The zero-order chi connectivity index (χ0) is 49.4. The second kappa shape index (κ2) is 17.2. The number of alkyl halides is 3. The highest BCUT2D eigenvalue weighted by Gasteiger charge is 2.40. The average molecular weight is 938 g/mol. The average Bonchev–Trinajstić information content (AvgIpc) is 3.89. The van der Waals surface area contributed by atoms with Crippen LogP contribution in [0.15, 0.2) is 206 Å². The van der Waals surface area contributed by atoms with Gasteiger partial charge in [-0.15, -0.1) is 0 Å². The summed E-state index contributed by atoms with van der Waals surface area (Å²) in [5, 5.41) is 13.5. The Hall–Kier alpha value is -8.92. The molecule has 2 heterocycles. The first-order valence-corrected chi connectivity index (χ1v) is 24.1. The third-order valence-electron chi connectivity index (χ3n) is 14.3. The summed E-state index contributed by atoms with van der Waals surface area (Å²) in [4.78, 5) is 0. The zero-order valence-electron chi connectivity index (χ0n) is 40.1. The highest BCUT2D eigenvalue weighted by molar-refractivity contribution is 6.13. The number of nitrogens with zero attached hydrogens (tertiary/aromatic N) is 3. The molecule has 0 radical (unpaired) electrons. The van der Waals surface area contributed by atoms with E-state index in [9.17, 15) is 5.26 Å². The first-order chi connectivity index (χ1) is 34.9.